The Hall–Kier alpha value is -1.77. The molecule has 0 aromatic rings. The summed E-state index contributed by atoms with van der Waals surface area (Å²) in [6, 6.07) is 1.94. The van der Waals surface area contributed by atoms with Gasteiger partial charge < -0.3 is 15.3 Å². The van der Waals surface area contributed by atoms with Crippen LogP contribution < -0.4 is 5.32 Å². The molecule has 1 rings (SSSR count). The summed E-state index contributed by atoms with van der Waals surface area (Å²) in [7, 11) is 1.66. The van der Waals surface area contributed by atoms with Crippen LogP contribution in [0.4, 0.5) is 4.79 Å². The number of carbonyl (C=O) groups is 2. The first-order chi connectivity index (χ1) is 8.93. The number of amides is 2. The van der Waals surface area contributed by atoms with Gasteiger partial charge in [-0.25, -0.2) is 4.79 Å². The molecule has 19 heavy (non-hydrogen) atoms. The second-order valence-electron chi connectivity index (χ2n) is 5.25. The number of nitrogens with zero attached hydrogens (tertiary/aromatic N) is 2. The number of aliphatic carboxylic acids is 1. The summed E-state index contributed by atoms with van der Waals surface area (Å²) in [6.07, 6.45) is 2.62. The third-order valence-electron chi connectivity index (χ3n) is 3.52. The van der Waals surface area contributed by atoms with Gasteiger partial charge in [-0.1, -0.05) is 0 Å². The Morgan fingerprint density at radius 3 is 2.47 bits per heavy atom. The largest absolute Gasteiger partial charge is 0.481 e. The molecule has 2 amide bonds. The molecule has 106 valence electrons. The fourth-order valence-corrected chi connectivity index (χ4v) is 2.30. The molecule has 1 atom stereocenters. The van der Waals surface area contributed by atoms with Gasteiger partial charge >= 0.3 is 12.0 Å². The van der Waals surface area contributed by atoms with Crippen molar-refractivity contribution in [2.75, 3.05) is 13.6 Å². The van der Waals surface area contributed by atoms with Crippen LogP contribution in [0.1, 0.15) is 32.6 Å². The van der Waals surface area contributed by atoms with E-state index in [9.17, 15) is 9.59 Å². The third-order valence-corrected chi connectivity index (χ3v) is 3.52. The van der Waals surface area contributed by atoms with Gasteiger partial charge in [0.1, 0.15) is 0 Å². The van der Waals surface area contributed by atoms with Gasteiger partial charge in [0.2, 0.25) is 0 Å². The zero-order chi connectivity index (χ0) is 14.4. The van der Waals surface area contributed by atoms with Crippen LogP contribution in [-0.2, 0) is 4.79 Å². The van der Waals surface area contributed by atoms with Gasteiger partial charge in [-0.05, 0) is 32.6 Å². The number of carbonyl (C=O) groups excluding carboxylic acids is 1. The summed E-state index contributed by atoms with van der Waals surface area (Å²) in [5.74, 6) is -1.22. The van der Waals surface area contributed by atoms with E-state index in [-0.39, 0.29) is 23.9 Å². The smallest absolute Gasteiger partial charge is 0.317 e. The highest BCUT2D eigenvalue weighted by molar-refractivity contribution is 5.74. The predicted octanol–water partition coefficient (Wildman–Crippen LogP) is 1.43. The van der Waals surface area contributed by atoms with E-state index in [1.165, 1.54) is 4.90 Å². The number of carboxylic acid groups (broad SMARTS) is 1. The zero-order valence-electron chi connectivity index (χ0n) is 11.4. The first-order valence-corrected chi connectivity index (χ1v) is 6.58. The van der Waals surface area contributed by atoms with Crippen LogP contribution in [0.3, 0.4) is 0 Å². The van der Waals surface area contributed by atoms with Crippen molar-refractivity contribution in [3.63, 3.8) is 0 Å². The summed E-state index contributed by atoms with van der Waals surface area (Å²) < 4.78 is 0. The SMILES string of the molecule is CC(C#N)CN(C)C(=O)NC1CCC(C(=O)O)CC1. The number of hydrogen-bond acceptors (Lipinski definition) is 3. The molecular weight excluding hydrogens is 246 g/mol. The summed E-state index contributed by atoms with van der Waals surface area (Å²) >= 11 is 0. The third kappa shape index (κ3) is 4.78. The molecule has 0 aromatic heterocycles. The van der Waals surface area contributed by atoms with Crippen LogP contribution in [0, 0.1) is 23.2 Å². The molecule has 1 aliphatic rings. The Morgan fingerprint density at radius 1 is 1.42 bits per heavy atom. The van der Waals surface area contributed by atoms with Gasteiger partial charge in [0.15, 0.2) is 0 Å². The molecular formula is C13H21N3O3. The first kappa shape index (κ1) is 15.3. The summed E-state index contributed by atoms with van der Waals surface area (Å²) in [6.45, 7) is 2.16. The fraction of sp³-hybridized carbons (Fsp3) is 0.769. The molecule has 0 aromatic carbocycles. The van der Waals surface area contributed by atoms with Crippen molar-refractivity contribution in [1.29, 1.82) is 5.26 Å². The van der Waals surface area contributed by atoms with E-state index in [1.54, 1.807) is 14.0 Å². The molecule has 2 N–H and O–H groups in total. The van der Waals surface area contributed by atoms with Crippen LogP contribution in [0.15, 0.2) is 0 Å². The molecule has 6 nitrogen and oxygen atoms in total. The lowest BCUT2D eigenvalue weighted by molar-refractivity contribution is -0.142. The minimum atomic E-state index is -0.746. The van der Waals surface area contributed by atoms with Crippen molar-refractivity contribution < 1.29 is 14.7 Å². The number of hydrogen-bond donors (Lipinski definition) is 2. The lowest BCUT2D eigenvalue weighted by Gasteiger charge is -2.29. The second kappa shape index (κ2) is 6.98. The Bertz CT molecular complexity index is 370. The predicted molar refractivity (Wildman–Crippen MR) is 69.3 cm³/mol. The van der Waals surface area contributed by atoms with Gasteiger partial charge in [0.25, 0.3) is 0 Å². The Kier molecular flexibility index (Phi) is 5.61. The van der Waals surface area contributed by atoms with E-state index in [4.69, 9.17) is 10.4 Å². The maximum absolute atomic E-state index is 11.9. The maximum Gasteiger partial charge on any atom is 0.317 e. The molecule has 0 heterocycles. The number of carboxylic acids is 1. The van der Waals surface area contributed by atoms with Crippen molar-refractivity contribution in [2.24, 2.45) is 11.8 Å². The summed E-state index contributed by atoms with van der Waals surface area (Å²) in [5.41, 5.74) is 0. The van der Waals surface area contributed by atoms with Crippen LogP contribution in [0.2, 0.25) is 0 Å². The van der Waals surface area contributed by atoms with Crippen LogP contribution in [0.5, 0.6) is 0 Å². The van der Waals surface area contributed by atoms with Crippen molar-refractivity contribution in [3.05, 3.63) is 0 Å². The zero-order valence-corrected chi connectivity index (χ0v) is 11.4. The van der Waals surface area contributed by atoms with Gasteiger partial charge in [0, 0.05) is 19.6 Å². The molecule has 0 aliphatic heterocycles. The van der Waals surface area contributed by atoms with E-state index in [0.29, 0.717) is 32.2 Å². The Morgan fingerprint density at radius 2 is 2.00 bits per heavy atom. The van der Waals surface area contributed by atoms with Crippen molar-refractivity contribution in [2.45, 2.75) is 38.6 Å². The molecule has 0 bridgehead atoms. The number of urea groups is 1. The van der Waals surface area contributed by atoms with Gasteiger partial charge in [-0.2, -0.15) is 5.26 Å². The topological polar surface area (TPSA) is 93.4 Å². The average molecular weight is 267 g/mol. The minimum Gasteiger partial charge on any atom is -0.481 e. The quantitative estimate of drug-likeness (QED) is 0.805. The monoisotopic (exact) mass is 267 g/mol. The summed E-state index contributed by atoms with van der Waals surface area (Å²) in [5, 5.41) is 20.5. The molecule has 0 saturated heterocycles. The van der Waals surface area contributed by atoms with Gasteiger partial charge in [-0.3, -0.25) is 4.79 Å². The molecule has 6 heteroatoms. The number of nitriles is 1. The van der Waals surface area contributed by atoms with Crippen molar-refractivity contribution >= 4 is 12.0 Å². The molecule has 0 spiro atoms. The lowest BCUT2D eigenvalue weighted by Crippen LogP contribution is -2.45. The van der Waals surface area contributed by atoms with Crippen LogP contribution in [-0.4, -0.2) is 41.6 Å². The molecule has 1 fully saturated rings. The number of rotatable bonds is 4. The van der Waals surface area contributed by atoms with Crippen molar-refractivity contribution in [1.82, 2.24) is 10.2 Å². The van der Waals surface area contributed by atoms with Crippen molar-refractivity contribution in [3.8, 4) is 6.07 Å². The molecule has 1 aliphatic carbocycles. The highest BCUT2D eigenvalue weighted by Gasteiger charge is 2.27. The van der Waals surface area contributed by atoms with E-state index >= 15 is 0 Å². The van der Waals surface area contributed by atoms with E-state index in [1.807, 2.05) is 0 Å². The molecule has 0 radical (unpaired) electrons. The van der Waals surface area contributed by atoms with E-state index in [0.717, 1.165) is 0 Å². The second-order valence-corrected chi connectivity index (χ2v) is 5.25. The van der Waals surface area contributed by atoms with E-state index in [2.05, 4.69) is 11.4 Å². The summed E-state index contributed by atoms with van der Waals surface area (Å²) in [4.78, 5) is 24.2. The molecule has 1 saturated carbocycles. The normalized spacial score (nSPS) is 24.1. The molecule has 1 unspecified atom stereocenters. The lowest BCUT2D eigenvalue weighted by atomic mass is 9.86. The fourth-order valence-electron chi connectivity index (χ4n) is 2.30. The highest BCUT2D eigenvalue weighted by Crippen LogP contribution is 2.24. The van der Waals surface area contributed by atoms with Crippen LogP contribution in [0.25, 0.3) is 0 Å². The highest BCUT2D eigenvalue weighted by atomic mass is 16.4. The maximum atomic E-state index is 11.9. The standard InChI is InChI=1S/C13H21N3O3/c1-9(7-14)8-16(2)13(19)15-11-5-3-10(4-6-11)12(17)18/h9-11H,3-6,8H2,1-2H3,(H,15,19)(H,17,18). The van der Waals surface area contributed by atoms with E-state index < -0.39 is 5.97 Å². The van der Waals surface area contributed by atoms with Crippen LogP contribution >= 0.6 is 0 Å². The average Bonchev–Trinajstić information content (AvgIpc) is 2.38. The van der Waals surface area contributed by atoms with Gasteiger partial charge in [-0.15, -0.1) is 0 Å². The Labute approximate surface area is 113 Å². The minimum absolute atomic E-state index is 0.0444. The van der Waals surface area contributed by atoms with Gasteiger partial charge in [0.05, 0.1) is 17.9 Å². The number of nitrogens with one attached hydrogen (secondary N) is 1. The Balaban J connectivity index is 2.34. The first-order valence-electron chi connectivity index (χ1n) is 6.58.